The molecule has 0 atom stereocenters. The summed E-state index contributed by atoms with van der Waals surface area (Å²) >= 11 is 5.81. The monoisotopic (exact) mass is 477 g/mol. The van der Waals surface area contributed by atoms with Crippen LogP contribution in [0.4, 0.5) is 4.39 Å². The molecule has 0 bridgehead atoms. The largest absolute Gasteiger partial charge is 0.205 e. The Bertz CT molecular complexity index is 1000. The van der Waals surface area contributed by atoms with Gasteiger partial charge < -0.3 is 0 Å². The van der Waals surface area contributed by atoms with Crippen LogP contribution in [-0.2, 0) is 6.42 Å². The van der Waals surface area contributed by atoms with Crippen molar-refractivity contribution in [1.82, 2.24) is 0 Å². The molecular weight excluding hydrogens is 443 g/mol. The number of benzene rings is 3. The van der Waals surface area contributed by atoms with Gasteiger partial charge in [-0.1, -0.05) is 123 Å². The Kier molecular flexibility index (Phi) is 8.80. The first kappa shape index (κ1) is 24.2. The zero-order valence-corrected chi connectivity index (χ0v) is 21.5. The van der Waals surface area contributed by atoms with Crippen LogP contribution in [0.25, 0.3) is 22.3 Å². The Labute approximate surface area is 205 Å². The number of halogens is 2. The molecule has 0 aromatic heterocycles. The van der Waals surface area contributed by atoms with Gasteiger partial charge in [0.15, 0.2) is 0 Å². The second-order valence-corrected chi connectivity index (χ2v) is 13.0. The molecule has 3 aromatic rings. The fraction of sp³-hybridized carbons (Fsp3) is 0.400. The summed E-state index contributed by atoms with van der Waals surface area (Å²) in [6, 6.07) is 27.0. The minimum absolute atomic E-state index is 0.0201. The van der Waals surface area contributed by atoms with Crippen LogP contribution >= 0.6 is 11.6 Å². The number of unbranched alkanes of at least 4 members (excludes halogenated alkanes) is 2. The fourth-order valence-corrected chi connectivity index (χ4v) is 8.27. The third-order valence-corrected chi connectivity index (χ3v) is 10.6. The van der Waals surface area contributed by atoms with E-state index in [2.05, 4.69) is 43.3 Å². The summed E-state index contributed by atoms with van der Waals surface area (Å²) in [5.41, 5.74) is 5.70. The number of hydrogen-bond donors (Lipinski definition) is 0. The minimum Gasteiger partial charge on any atom is -0.205 e. The van der Waals surface area contributed by atoms with Crippen molar-refractivity contribution in [2.75, 3.05) is 0 Å². The van der Waals surface area contributed by atoms with Crippen molar-refractivity contribution in [1.29, 1.82) is 0 Å². The van der Waals surface area contributed by atoms with Gasteiger partial charge in [0.25, 0.3) is 0 Å². The van der Waals surface area contributed by atoms with E-state index in [-0.39, 0.29) is 19.6 Å². The molecule has 33 heavy (non-hydrogen) atoms. The Morgan fingerprint density at radius 2 is 1.39 bits per heavy atom. The lowest BCUT2D eigenvalue weighted by atomic mass is 9.93. The maximum atomic E-state index is 13.8. The summed E-state index contributed by atoms with van der Waals surface area (Å²) in [7, 11) is -0.0201. The average molecular weight is 478 g/mol. The van der Waals surface area contributed by atoms with E-state index in [4.69, 9.17) is 11.6 Å². The smallest absolute Gasteiger partial charge is 0.142 e. The molecule has 1 radical (unpaired) electrons. The van der Waals surface area contributed by atoms with Gasteiger partial charge in [-0.3, -0.25) is 0 Å². The van der Waals surface area contributed by atoms with Crippen molar-refractivity contribution in [2.45, 2.75) is 70.0 Å². The highest BCUT2D eigenvalue weighted by Gasteiger charge is 2.21. The van der Waals surface area contributed by atoms with Crippen molar-refractivity contribution in [3.8, 4) is 22.3 Å². The van der Waals surface area contributed by atoms with Gasteiger partial charge in [0, 0.05) is 8.80 Å². The summed E-state index contributed by atoms with van der Waals surface area (Å²) in [6.45, 7) is 2.31. The van der Waals surface area contributed by atoms with Gasteiger partial charge in [-0.05, 0) is 58.7 Å². The molecule has 173 valence electrons. The quantitative estimate of drug-likeness (QED) is 0.212. The molecule has 3 aromatic carbocycles. The van der Waals surface area contributed by atoms with Crippen molar-refractivity contribution >= 4 is 20.4 Å². The van der Waals surface area contributed by atoms with Crippen molar-refractivity contribution < 1.29 is 4.39 Å². The topological polar surface area (TPSA) is 0 Å². The summed E-state index contributed by atoms with van der Waals surface area (Å²) in [5, 5.41) is 0.159. The lowest BCUT2D eigenvalue weighted by Crippen LogP contribution is -2.21. The van der Waals surface area contributed by atoms with Gasteiger partial charge in [0.2, 0.25) is 0 Å². The van der Waals surface area contributed by atoms with Crippen LogP contribution in [0.3, 0.4) is 0 Å². The standard InChI is InChI=1S/C30H35ClFSi/c1-2-3-4-19-33-20-17-24(18-21-33)6-5-23-7-9-25(10-8-23)26-11-13-27(14-12-26)28-15-16-29(31)30(32)22-28/h7-16,22,24H,2-6,17-21H2,1H3. The molecule has 4 rings (SSSR count). The summed E-state index contributed by atoms with van der Waals surface area (Å²) < 4.78 is 13.8. The molecule has 1 heterocycles. The molecule has 1 saturated heterocycles. The van der Waals surface area contributed by atoms with Gasteiger partial charge in [0.1, 0.15) is 5.82 Å². The highest BCUT2D eigenvalue weighted by Crippen LogP contribution is 2.32. The van der Waals surface area contributed by atoms with Gasteiger partial charge in [-0.15, -0.1) is 0 Å². The Balaban J connectivity index is 1.27. The molecule has 0 amide bonds. The first-order chi connectivity index (χ1) is 16.1. The molecule has 1 fully saturated rings. The maximum absolute atomic E-state index is 13.8. The van der Waals surface area contributed by atoms with Crippen LogP contribution in [0, 0.1) is 11.7 Å². The average Bonchev–Trinajstić information content (AvgIpc) is 2.86. The molecule has 0 aliphatic carbocycles. The van der Waals surface area contributed by atoms with Crippen LogP contribution in [0.1, 0.15) is 51.0 Å². The predicted octanol–water partition coefficient (Wildman–Crippen LogP) is 9.84. The van der Waals surface area contributed by atoms with Crippen LogP contribution in [0.15, 0.2) is 66.7 Å². The first-order valence-corrected chi connectivity index (χ1v) is 15.1. The van der Waals surface area contributed by atoms with E-state index in [1.165, 1.54) is 67.7 Å². The van der Waals surface area contributed by atoms with Crippen LogP contribution < -0.4 is 0 Å². The molecule has 0 saturated carbocycles. The highest BCUT2D eigenvalue weighted by molar-refractivity contribution is 6.58. The Morgan fingerprint density at radius 3 is 2.00 bits per heavy atom. The lowest BCUT2D eigenvalue weighted by molar-refractivity contribution is 0.437. The molecule has 0 N–H and O–H groups in total. The summed E-state index contributed by atoms with van der Waals surface area (Å²) in [6.07, 6.45) is 9.75. The molecule has 0 nitrogen and oxygen atoms in total. The van der Waals surface area contributed by atoms with Crippen LogP contribution in [-0.4, -0.2) is 8.80 Å². The molecule has 0 unspecified atom stereocenters. The van der Waals surface area contributed by atoms with Crippen LogP contribution in [0.5, 0.6) is 0 Å². The van der Waals surface area contributed by atoms with Crippen molar-refractivity contribution in [2.24, 2.45) is 5.92 Å². The SMILES string of the molecule is CCCCC[Si]1CCC(CCc2ccc(-c3ccc(-c4ccc(Cl)c(F)c4)cc3)cc2)CC1. The predicted molar refractivity (Wildman–Crippen MR) is 143 cm³/mol. The van der Waals surface area contributed by atoms with E-state index >= 15 is 0 Å². The van der Waals surface area contributed by atoms with Gasteiger partial charge in [0.05, 0.1) is 5.02 Å². The second kappa shape index (κ2) is 12.0. The second-order valence-electron chi connectivity index (χ2n) is 9.59. The van der Waals surface area contributed by atoms with E-state index in [0.717, 1.165) is 17.0 Å². The number of rotatable bonds is 9. The molecule has 1 aliphatic rings. The van der Waals surface area contributed by atoms with E-state index in [1.54, 1.807) is 24.2 Å². The van der Waals surface area contributed by atoms with E-state index in [0.29, 0.717) is 0 Å². The van der Waals surface area contributed by atoms with Gasteiger partial charge >= 0.3 is 0 Å². The molecular formula is C30H35ClFSi. The number of aryl methyl sites for hydroxylation is 1. The third kappa shape index (κ3) is 6.80. The third-order valence-electron chi connectivity index (χ3n) is 7.21. The molecule has 3 heteroatoms. The fourth-order valence-electron chi connectivity index (χ4n) is 5.01. The van der Waals surface area contributed by atoms with Gasteiger partial charge in [-0.2, -0.15) is 0 Å². The maximum Gasteiger partial charge on any atom is 0.142 e. The van der Waals surface area contributed by atoms with Crippen molar-refractivity contribution in [3.05, 3.63) is 83.1 Å². The Morgan fingerprint density at radius 1 is 0.818 bits per heavy atom. The summed E-state index contributed by atoms with van der Waals surface area (Å²) in [5.74, 6) is 0.560. The van der Waals surface area contributed by atoms with E-state index in [9.17, 15) is 4.39 Å². The van der Waals surface area contributed by atoms with E-state index in [1.807, 2.05) is 18.2 Å². The zero-order valence-electron chi connectivity index (χ0n) is 19.8. The molecule has 0 spiro atoms. The van der Waals surface area contributed by atoms with Gasteiger partial charge in [-0.25, -0.2) is 4.39 Å². The first-order valence-electron chi connectivity index (χ1n) is 12.6. The van der Waals surface area contributed by atoms with Crippen LogP contribution in [0.2, 0.25) is 23.2 Å². The van der Waals surface area contributed by atoms with Crippen molar-refractivity contribution in [3.63, 3.8) is 0 Å². The highest BCUT2D eigenvalue weighted by atomic mass is 35.5. The normalized spacial score (nSPS) is 15.1. The minimum atomic E-state index is -0.379. The summed E-state index contributed by atoms with van der Waals surface area (Å²) in [4.78, 5) is 0. The zero-order chi connectivity index (χ0) is 23.0. The molecule has 1 aliphatic heterocycles. The number of hydrogen-bond acceptors (Lipinski definition) is 0. The lowest BCUT2D eigenvalue weighted by Gasteiger charge is -2.27. The van der Waals surface area contributed by atoms with E-state index < -0.39 is 0 Å². The Hall–Kier alpha value is -1.90.